The van der Waals surface area contributed by atoms with Gasteiger partial charge in [0, 0.05) is 5.56 Å². The number of hydrogen-bond donors (Lipinski definition) is 1. The smallest absolute Gasteiger partial charge is 0.225 e. The Bertz CT molecular complexity index is 961. The average molecular weight is 374 g/mol. The fourth-order valence-corrected chi connectivity index (χ4v) is 2.63. The van der Waals surface area contributed by atoms with Gasteiger partial charge in [-0.05, 0) is 43.7 Å². The van der Waals surface area contributed by atoms with Crippen LogP contribution in [0, 0.1) is 25.7 Å². The maximum atomic E-state index is 12.0. The minimum absolute atomic E-state index is 0.0632. The SMILES string of the molecule is Cc1noc(C)c1COc1ccc(CC(=O)NCC#Cc2ccccc2)cc1. The van der Waals surface area contributed by atoms with E-state index in [0.29, 0.717) is 19.6 Å². The van der Waals surface area contributed by atoms with E-state index >= 15 is 0 Å². The Hall–Kier alpha value is -3.52. The molecule has 0 aliphatic rings. The maximum Gasteiger partial charge on any atom is 0.225 e. The van der Waals surface area contributed by atoms with Crippen molar-refractivity contribution in [2.24, 2.45) is 0 Å². The van der Waals surface area contributed by atoms with Crippen LogP contribution in [-0.2, 0) is 17.8 Å². The van der Waals surface area contributed by atoms with Crippen LogP contribution >= 0.6 is 0 Å². The number of carbonyl (C=O) groups is 1. The van der Waals surface area contributed by atoms with Crippen LogP contribution < -0.4 is 10.1 Å². The summed E-state index contributed by atoms with van der Waals surface area (Å²) in [6.07, 6.45) is 0.303. The molecule has 0 atom stereocenters. The number of nitrogens with one attached hydrogen (secondary N) is 1. The third-order valence-electron chi connectivity index (χ3n) is 4.23. The molecule has 2 aromatic carbocycles. The van der Waals surface area contributed by atoms with E-state index in [1.165, 1.54) is 0 Å². The molecule has 28 heavy (non-hydrogen) atoms. The highest BCUT2D eigenvalue weighted by Gasteiger charge is 2.09. The van der Waals surface area contributed by atoms with Gasteiger partial charge in [0.05, 0.1) is 24.2 Å². The van der Waals surface area contributed by atoms with Crippen molar-refractivity contribution in [2.45, 2.75) is 26.9 Å². The van der Waals surface area contributed by atoms with E-state index in [9.17, 15) is 4.79 Å². The average Bonchev–Trinajstić information content (AvgIpc) is 3.03. The van der Waals surface area contributed by atoms with Gasteiger partial charge in [-0.1, -0.05) is 47.3 Å². The summed E-state index contributed by atoms with van der Waals surface area (Å²) in [7, 11) is 0. The molecule has 0 aliphatic carbocycles. The van der Waals surface area contributed by atoms with E-state index in [0.717, 1.165) is 33.9 Å². The van der Waals surface area contributed by atoms with Crippen molar-refractivity contribution in [3.63, 3.8) is 0 Å². The third-order valence-corrected chi connectivity index (χ3v) is 4.23. The van der Waals surface area contributed by atoms with Crippen LogP contribution in [0.5, 0.6) is 5.75 Å². The second-order valence-corrected chi connectivity index (χ2v) is 6.36. The van der Waals surface area contributed by atoms with Crippen molar-refractivity contribution in [3.8, 4) is 17.6 Å². The van der Waals surface area contributed by atoms with Crippen LogP contribution in [-0.4, -0.2) is 17.6 Å². The zero-order chi connectivity index (χ0) is 19.8. The normalized spacial score (nSPS) is 10.1. The molecule has 3 aromatic rings. The lowest BCUT2D eigenvalue weighted by molar-refractivity contribution is -0.120. The minimum atomic E-state index is -0.0632. The first-order valence-electron chi connectivity index (χ1n) is 9.06. The number of aromatic nitrogens is 1. The third kappa shape index (κ3) is 5.49. The Morgan fingerprint density at radius 3 is 2.54 bits per heavy atom. The molecule has 0 unspecified atom stereocenters. The van der Waals surface area contributed by atoms with Crippen molar-refractivity contribution in [1.29, 1.82) is 0 Å². The van der Waals surface area contributed by atoms with Gasteiger partial charge in [0.2, 0.25) is 5.91 Å². The Kier molecular flexibility index (Phi) is 6.48. The van der Waals surface area contributed by atoms with Gasteiger partial charge < -0.3 is 14.6 Å². The molecule has 5 heteroatoms. The molecule has 1 amide bonds. The lowest BCUT2D eigenvalue weighted by atomic mass is 10.1. The molecular formula is C23H22N2O3. The van der Waals surface area contributed by atoms with Crippen molar-refractivity contribution in [1.82, 2.24) is 10.5 Å². The topological polar surface area (TPSA) is 64.4 Å². The molecule has 0 saturated heterocycles. The van der Waals surface area contributed by atoms with Crippen molar-refractivity contribution >= 4 is 5.91 Å². The van der Waals surface area contributed by atoms with E-state index in [2.05, 4.69) is 22.3 Å². The molecule has 0 fully saturated rings. The fourth-order valence-electron chi connectivity index (χ4n) is 2.63. The lowest BCUT2D eigenvalue weighted by Gasteiger charge is -2.07. The summed E-state index contributed by atoms with van der Waals surface area (Å²) in [5, 5.41) is 6.72. The zero-order valence-electron chi connectivity index (χ0n) is 16.0. The van der Waals surface area contributed by atoms with Gasteiger partial charge >= 0.3 is 0 Å². The predicted molar refractivity (Wildman–Crippen MR) is 107 cm³/mol. The van der Waals surface area contributed by atoms with Crippen LogP contribution in [0.25, 0.3) is 0 Å². The first-order chi connectivity index (χ1) is 13.6. The van der Waals surface area contributed by atoms with Crippen molar-refractivity contribution in [3.05, 3.63) is 82.7 Å². The molecule has 1 heterocycles. The number of benzene rings is 2. The van der Waals surface area contributed by atoms with E-state index in [1.54, 1.807) is 0 Å². The number of hydrogen-bond acceptors (Lipinski definition) is 4. The number of rotatable bonds is 6. The molecule has 3 rings (SSSR count). The maximum absolute atomic E-state index is 12.0. The number of nitrogens with zero attached hydrogens (tertiary/aromatic N) is 1. The quantitative estimate of drug-likeness (QED) is 0.670. The highest BCUT2D eigenvalue weighted by molar-refractivity contribution is 5.78. The second-order valence-electron chi connectivity index (χ2n) is 6.36. The molecule has 5 nitrogen and oxygen atoms in total. The summed E-state index contributed by atoms with van der Waals surface area (Å²) in [5.74, 6) is 7.40. The Labute approximate surface area is 164 Å². The van der Waals surface area contributed by atoms with E-state index in [1.807, 2.05) is 68.4 Å². The molecule has 0 radical (unpaired) electrons. The summed E-state index contributed by atoms with van der Waals surface area (Å²) < 4.78 is 10.9. The molecule has 0 saturated carbocycles. The highest BCUT2D eigenvalue weighted by Crippen LogP contribution is 2.18. The van der Waals surface area contributed by atoms with Gasteiger partial charge in [-0.15, -0.1) is 0 Å². The van der Waals surface area contributed by atoms with Gasteiger partial charge in [0.25, 0.3) is 0 Å². The van der Waals surface area contributed by atoms with Crippen LogP contribution in [0.4, 0.5) is 0 Å². The molecule has 1 N–H and O–H groups in total. The standard InChI is InChI=1S/C23H22N2O3/c1-17-22(18(2)28-25-17)16-27-21-12-10-20(11-13-21)15-23(26)24-14-6-9-19-7-4-3-5-8-19/h3-5,7-8,10-13H,14-16H2,1-2H3,(H,24,26). The summed E-state index contributed by atoms with van der Waals surface area (Å²) in [5.41, 5.74) is 3.64. The Balaban J connectivity index is 1.44. The Morgan fingerprint density at radius 2 is 1.86 bits per heavy atom. The van der Waals surface area contributed by atoms with Gasteiger partial charge in [-0.2, -0.15) is 0 Å². The Morgan fingerprint density at radius 1 is 1.11 bits per heavy atom. The van der Waals surface area contributed by atoms with E-state index in [4.69, 9.17) is 9.26 Å². The number of aryl methyl sites for hydroxylation is 2. The lowest BCUT2D eigenvalue weighted by Crippen LogP contribution is -2.25. The summed E-state index contributed by atoms with van der Waals surface area (Å²) >= 11 is 0. The molecule has 0 aliphatic heterocycles. The van der Waals surface area contributed by atoms with Crippen LogP contribution in [0.2, 0.25) is 0 Å². The molecule has 0 bridgehead atoms. The van der Waals surface area contributed by atoms with Crippen molar-refractivity contribution in [2.75, 3.05) is 6.54 Å². The number of ether oxygens (including phenoxy) is 1. The molecule has 0 spiro atoms. The fraction of sp³-hybridized carbons (Fsp3) is 0.217. The van der Waals surface area contributed by atoms with Crippen LogP contribution in [0.1, 0.15) is 28.1 Å². The first kappa shape index (κ1) is 19.2. The second kappa shape index (κ2) is 9.43. The van der Waals surface area contributed by atoms with Gasteiger partial charge in [-0.3, -0.25) is 4.79 Å². The monoisotopic (exact) mass is 374 g/mol. The zero-order valence-corrected chi connectivity index (χ0v) is 16.0. The highest BCUT2D eigenvalue weighted by atomic mass is 16.5. The van der Waals surface area contributed by atoms with Gasteiger partial charge in [0.1, 0.15) is 18.1 Å². The van der Waals surface area contributed by atoms with Crippen LogP contribution in [0.15, 0.2) is 59.1 Å². The van der Waals surface area contributed by atoms with Gasteiger partial charge in [0.15, 0.2) is 0 Å². The van der Waals surface area contributed by atoms with E-state index < -0.39 is 0 Å². The first-order valence-corrected chi connectivity index (χ1v) is 9.06. The predicted octanol–water partition coefficient (Wildman–Crippen LogP) is 3.58. The number of amides is 1. The number of carbonyl (C=O) groups excluding carboxylic acids is 1. The summed E-state index contributed by atoms with van der Waals surface area (Å²) in [6, 6.07) is 17.2. The molecule has 1 aromatic heterocycles. The van der Waals surface area contributed by atoms with Gasteiger partial charge in [-0.25, -0.2) is 0 Å². The minimum Gasteiger partial charge on any atom is -0.489 e. The summed E-state index contributed by atoms with van der Waals surface area (Å²) in [6.45, 7) is 4.49. The molecule has 142 valence electrons. The summed E-state index contributed by atoms with van der Waals surface area (Å²) in [4.78, 5) is 12.0. The van der Waals surface area contributed by atoms with Crippen LogP contribution in [0.3, 0.4) is 0 Å². The van der Waals surface area contributed by atoms with E-state index in [-0.39, 0.29) is 5.91 Å². The largest absolute Gasteiger partial charge is 0.489 e. The molecular weight excluding hydrogens is 352 g/mol. The van der Waals surface area contributed by atoms with Crippen molar-refractivity contribution < 1.29 is 14.1 Å².